The Morgan fingerprint density at radius 3 is 2.71 bits per heavy atom. The lowest BCUT2D eigenvalue weighted by molar-refractivity contribution is 0.348. The van der Waals surface area contributed by atoms with Gasteiger partial charge in [-0.1, -0.05) is 13.3 Å². The van der Waals surface area contributed by atoms with E-state index in [9.17, 15) is 0 Å². The molecule has 1 heteroatoms. The van der Waals surface area contributed by atoms with Crippen LogP contribution in [0.2, 0.25) is 0 Å². The minimum Gasteiger partial charge on any atom is -0.314 e. The quantitative estimate of drug-likeness (QED) is 0.554. The molecule has 1 N–H and O–H groups in total. The van der Waals surface area contributed by atoms with Crippen molar-refractivity contribution in [3.63, 3.8) is 0 Å². The average molecular weight is 101 g/mol. The molecule has 1 fully saturated rings. The lowest BCUT2D eigenvalue weighted by Gasteiger charge is -2.26. The van der Waals surface area contributed by atoms with E-state index < -0.39 is 0 Å². The Morgan fingerprint density at radius 1 is 1.86 bits per heavy atom. The van der Waals surface area contributed by atoms with E-state index >= 15 is 0 Å². The van der Waals surface area contributed by atoms with Crippen LogP contribution in [-0.2, 0) is 0 Å². The summed E-state index contributed by atoms with van der Waals surface area (Å²) in [5.74, 6) is 0. The average Bonchev–Trinajstić information content (AvgIpc) is 1.55. The molecule has 1 unspecified atom stereocenters. The second-order valence-corrected chi connectivity index (χ2v) is 2.23. The third-order valence-corrected chi connectivity index (χ3v) is 1.56. The minimum atomic E-state index is 0. The fourth-order valence-electron chi connectivity index (χ4n) is 0.943. The first kappa shape index (κ1) is 5.10. The zero-order valence-corrected chi connectivity index (χ0v) is 4.91. The maximum Gasteiger partial charge on any atom is 0.00790 e. The Labute approximate surface area is 46.6 Å². The van der Waals surface area contributed by atoms with Gasteiger partial charge in [-0.05, 0) is 19.4 Å². The molecule has 1 nitrogen and oxygen atoms in total. The van der Waals surface area contributed by atoms with Crippen molar-refractivity contribution in [3.8, 4) is 0 Å². The van der Waals surface area contributed by atoms with E-state index in [4.69, 9.17) is 0 Å². The Balaban J connectivity index is 0.000000490. The highest BCUT2D eigenvalue weighted by molar-refractivity contribution is 4.75. The van der Waals surface area contributed by atoms with E-state index in [2.05, 4.69) is 12.2 Å². The minimum absolute atomic E-state index is 0. The summed E-state index contributed by atoms with van der Waals surface area (Å²) in [4.78, 5) is 0. The predicted molar refractivity (Wildman–Crippen MR) is 33.4 cm³/mol. The molecule has 0 aromatic carbocycles. The summed E-state index contributed by atoms with van der Waals surface area (Å²) < 4.78 is 0. The molecule has 0 spiro atoms. The Morgan fingerprint density at radius 2 is 2.57 bits per heavy atom. The van der Waals surface area contributed by atoms with E-state index in [0.29, 0.717) is 0 Å². The van der Waals surface area contributed by atoms with Crippen LogP contribution in [0.25, 0.3) is 0 Å². The topological polar surface area (TPSA) is 12.0 Å². The normalized spacial score (nSPS) is 29.6. The van der Waals surface area contributed by atoms with E-state index in [0.717, 1.165) is 6.04 Å². The van der Waals surface area contributed by atoms with Gasteiger partial charge in [0.1, 0.15) is 0 Å². The van der Waals surface area contributed by atoms with Crippen molar-refractivity contribution in [3.05, 3.63) is 0 Å². The molecule has 1 heterocycles. The van der Waals surface area contributed by atoms with Crippen LogP contribution >= 0.6 is 0 Å². The summed E-state index contributed by atoms with van der Waals surface area (Å²) in [6, 6.07) is 0.880. The molecule has 1 aliphatic rings. The van der Waals surface area contributed by atoms with Crippen LogP contribution in [0.1, 0.15) is 27.6 Å². The van der Waals surface area contributed by atoms with Gasteiger partial charge >= 0.3 is 0 Å². The van der Waals surface area contributed by atoms with Crippen molar-refractivity contribution in [2.75, 3.05) is 6.54 Å². The summed E-state index contributed by atoms with van der Waals surface area (Å²) in [5, 5.41) is 3.35. The Kier molecular flexibility index (Phi) is 1.69. The smallest absolute Gasteiger partial charge is 0.00790 e. The lowest BCUT2D eigenvalue weighted by Crippen LogP contribution is -2.42. The van der Waals surface area contributed by atoms with Crippen molar-refractivity contribution in [2.45, 2.75) is 32.2 Å². The van der Waals surface area contributed by atoms with Crippen LogP contribution < -0.4 is 5.32 Å². The maximum absolute atomic E-state index is 3.35. The molecule has 1 atom stereocenters. The van der Waals surface area contributed by atoms with Gasteiger partial charge in [-0.25, -0.2) is 0 Å². The first-order valence-corrected chi connectivity index (χ1v) is 3.17. The number of nitrogens with one attached hydrogen (secondary N) is 1. The van der Waals surface area contributed by atoms with Crippen molar-refractivity contribution < 1.29 is 1.43 Å². The fourth-order valence-corrected chi connectivity index (χ4v) is 0.943. The van der Waals surface area contributed by atoms with Gasteiger partial charge < -0.3 is 5.32 Å². The van der Waals surface area contributed by atoms with Crippen LogP contribution in [0.15, 0.2) is 0 Å². The van der Waals surface area contributed by atoms with Crippen molar-refractivity contribution in [1.29, 1.82) is 0 Å². The molecular weight excluding hydrogens is 86.1 g/mol. The van der Waals surface area contributed by atoms with Gasteiger partial charge in [-0.15, -0.1) is 0 Å². The third-order valence-electron chi connectivity index (χ3n) is 1.56. The lowest BCUT2D eigenvalue weighted by atomic mass is 10.0. The molecule has 0 aliphatic carbocycles. The van der Waals surface area contributed by atoms with E-state index in [1.54, 1.807) is 0 Å². The molecule has 0 bridgehead atoms. The molecule has 0 aromatic rings. The molecule has 7 heavy (non-hydrogen) atoms. The van der Waals surface area contributed by atoms with Crippen LogP contribution in [0, 0.1) is 0 Å². The van der Waals surface area contributed by atoms with Crippen LogP contribution in [-0.4, -0.2) is 12.6 Å². The van der Waals surface area contributed by atoms with E-state index in [1.165, 1.54) is 25.8 Å². The fraction of sp³-hybridized carbons (Fsp3) is 1.00. The van der Waals surface area contributed by atoms with E-state index in [1.807, 2.05) is 0 Å². The molecule has 44 valence electrons. The van der Waals surface area contributed by atoms with Gasteiger partial charge in [0.25, 0.3) is 0 Å². The summed E-state index contributed by atoms with van der Waals surface area (Å²) in [5.41, 5.74) is 0. The highest BCUT2D eigenvalue weighted by atomic mass is 15.0. The Hall–Kier alpha value is -0.0400. The van der Waals surface area contributed by atoms with E-state index in [-0.39, 0.29) is 1.43 Å². The molecule has 1 saturated heterocycles. The highest BCUT2D eigenvalue weighted by Gasteiger charge is 2.13. The van der Waals surface area contributed by atoms with Crippen LogP contribution in [0.5, 0.6) is 0 Å². The van der Waals surface area contributed by atoms with Crippen LogP contribution in [0.3, 0.4) is 0 Å². The summed E-state index contributed by atoms with van der Waals surface area (Å²) in [7, 11) is 0. The summed E-state index contributed by atoms with van der Waals surface area (Å²) in [6.45, 7) is 3.49. The molecule has 0 amide bonds. The van der Waals surface area contributed by atoms with Gasteiger partial charge in [0, 0.05) is 7.47 Å². The van der Waals surface area contributed by atoms with Crippen molar-refractivity contribution in [1.82, 2.24) is 5.32 Å². The monoisotopic (exact) mass is 101 g/mol. The van der Waals surface area contributed by atoms with Gasteiger partial charge in [0.05, 0.1) is 0 Å². The second-order valence-electron chi connectivity index (χ2n) is 2.23. The molecule has 0 saturated carbocycles. The number of hydrogen-bond donors (Lipinski definition) is 1. The first-order chi connectivity index (χ1) is 3.43. The molecular formula is C6H15N. The molecule has 0 aromatic heterocycles. The standard InChI is InChI=1S/C6H13N.H2/c1-2-3-6-4-5-7-6;/h6-7H,2-5H2,1H3;1H. The largest absolute Gasteiger partial charge is 0.314 e. The van der Waals surface area contributed by atoms with Crippen LogP contribution in [0.4, 0.5) is 0 Å². The third kappa shape index (κ3) is 1.16. The predicted octanol–water partition coefficient (Wildman–Crippen LogP) is 1.39. The highest BCUT2D eigenvalue weighted by Crippen LogP contribution is 2.07. The summed E-state index contributed by atoms with van der Waals surface area (Å²) in [6.07, 6.45) is 4.12. The zero-order chi connectivity index (χ0) is 5.11. The zero-order valence-electron chi connectivity index (χ0n) is 4.91. The van der Waals surface area contributed by atoms with Gasteiger partial charge in [-0.2, -0.15) is 0 Å². The number of hydrogen-bond acceptors (Lipinski definition) is 1. The second kappa shape index (κ2) is 2.31. The van der Waals surface area contributed by atoms with Gasteiger partial charge in [0.2, 0.25) is 0 Å². The van der Waals surface area contributed by atoms with Crippen molar-refractivity contribution >= 4 is 0 Å². The molecule has 1 aliphatic heterocycles. The SMILES string of the molecule is CCCC1CCN1.[HH]. The molecule has 0 radical (unpaired) electrons. The molecule has 1 rings (SSSR count). The maximum atomic E-state index is 3.35. The number of rotatable bonds is 2. The van der Waals surface area contributed by atoms with Crippen molar-refractivity contribution in [2.24, 2.45) is 0 Å². The van der Waals surface area contributed by atoms with Gasteiger partial charge in [-0.3, -0.25) is 0 Å². The first-order valence-electron chi connectivity index (χ1n) is 3.17. The van der Waals surface area contributed by atoms with Gasteiger partial charge in [0.15, 0.2) is 0 Å². The summed E-state index contributed by atoms with van der Waals surface area (Å²) >= 11 is 0. The Bertz CT molecular complexity index is 52.5.